The van der Waals surface area contributed by atoms with E-state index in [1.165, 1.54) is 36.4 Å². The van der Waals surface area contributed by atoms with Crippen molar-refractivity contribution in [3.63, 3.8) is 0 Å². The van der Waals surface area contributed by atoms with Gasteiger partial charge in [0.1, 0.15) is 6.61 Å². The van der Waals surface area contributed by atoms with E-state index < -0.39 is 54.4 Å². The highest BCUT2D eigenvalue weighted by Crippen LogP contribution is 2.33. The van der Waals surface area contributed by atoms with E-state index in [4.69, 9.17) is 18.9 Å². The van der Waals surface area contributed by atoms with Crippen LogP contribution in [0.4, 0.5) is 0 Å². The van der Waals surface area contributed by atoms with E-state index in [1.807, 2.05) is 0 Å². The Labute approximate surface area is 195 Å². The molecule has 2 unspecified atom stereocenters. The van der Waals surface area contributed by atoms with Crippen LogP contribution in [0.25, 0.3) is 0 Å². The lowest BCUT2D eigenvalue weighted by Gasteiger charge is -2.43. The molecular formula is C25H24O9. The Hall–Kier alpha value is -3.98. The van der Waals surface area contributed by atoms with Crippen LogP contribution in [-0.2, 0) is 28.5 Å². The number of hydrogen-bond acceptors (Lipinski definition) is 9. The molecule has 3 rings (SSSR count). The highest BCUT2D eigenvalue weighted by atomic mass is 16.6. The summed E-state index contributed by atoms with van der Waals surface area (Å²) in [6.45, 7) is 1.52. The molecule has 0 saturated carbocycles. The summed E-state index contributed by atoms with van der Waals surface area (Å²) in [5.41, 5.74) is -1.84. The smallest absolute Gasteiger partial charge is 0.338 e. The molecule has 178 valence electrons. The van der Waals surface area contributed by atoms with Crippen LogP contribution < -0.4 is 0 Å². The third-order valence-corrected chi connectivity index (χ3v) is 5.04. The van der Waals surface area contributed by atoms with Gasteiger partial charge in [-0.2, -0.15) is 0 Å². The minimum absolute atomic E-state index is 0.214. The van der Waals surface area contributed by atoms with Gasteiger partial charge in [0, 0.05) is 13.8 Å². The second-order valence-corrected chi connectivity index (χ2v) is 7.61. The maximum atomic E-state index is 12.7. The van der Waals surface area contributed by atoms with Crippen LogP contribution in [-0.4, -0.2) is 59.5 Å². The van der Waals surface area contributed by atoms with Gasteiger partial charge < -0.3 is 24.1 Å². The van der Waals surface area contributed by atoms with Gasteiger partial charge in [0.15, 0.2) is 23.9 Å². The lowest BCUT2D eigenvalue weighted by Crippen LogP contribution is -2.64. The molecule has 2 aromatic carbocycles. The number of esters is 4. The van der Waals surface area contributed by atoms with Crippen LogP contribution in [0.1, 0.15) is 34.6 Å². The lowest BCUT2D eigenvalue weighted by atomic mass is 9.82. The number of ether oxygens (including phenoxy) is 4. The number of benzene rings is 2. The first-order chi connectivity index (χ1) is 16.2. The molecule has 0 fully saturated rings. The molecule has 1 aliphatic rings. The average Bonchev–Trinajstić information content (AvgIpc) is 2.82. The van der Waals surface area contributed by atoms with Crippen molar-refractivity contribution in [2.75, 3.05) is 6.61 Å². The molecule has 0 amide bonds. The van der Waals surface area contributed by atoms with Crippen molar-refractivity contribution in [2.45, 2.75) is 37.8 Å². The van der Waals surface area contributed by atoms with Gasteiger partial charge in [-0.15, -0.1) is 0 Å². The number of aliphatic hydroxyl groups is 1. The van der Waals surface area contributed by atoms with E-state index in [9.17, 15) is 24.3 Å². The minimum atomic E-state index is -2.27. The summed E-state index contributed by atoms with van der Waals surface area (Å²) in [7, 11) is 0. The zero-order valence-corrected chi connectivity index (χ0v) is 18.6. The van der Waals surface area contributed by atoms with Crippen LogP contribution >= 0.6 is 0 Å². The van der Waals surface area contributed by atoms with E-state index in [-0.39, 0.29) is 11.1 Å². The first-order valence-electron chi connectivity index (χ1n) is 10.4. The topological polar surface area (TPSA) is 125 Å². The van der Waals surface area contributed by atoms with Gasteiger partial charge >= 0.3 is 23.9 Å². The quantitative estimate of drug-likeness (QED) is 0.370. The van der Waals surface area contributed by atoms with Gasteiger partial charge in [-0.1, -0.05) is 36.4 Å². The Bertz CT molecular complexity index is 1060. The van der Waals surface area contributed by atoms with Crippen molar-refractivity contribution < 1.29 is 43.2 Å². The molecule has 34 heavy (non-hydrogen) atoms. The zero-order valence-electron chi connectivity index (χ0n) is 18.6. The standard InChI is InChI=1S/C25H24O9/c1-16(26)32-20-13-14-21(34-24(29)19-11-7-4-8-12-19)25(30,22(20)33-17(2)27)15-31-23(28)18-9-5-3-6-10-18/h3-14,20-22,30H,15H2,1-2H3/t20?,21-,22?,25+/m1/s1. The van der Waals surface area contributed by atoms with Crippen LogP contribution in [0.3, 0.4) is 0 Å². The maximum absolute atomic E-state index is 12.7. The molecule has 0 radical (unpaired) electrons. The average molecular weight is 468 g/mol. The molecule has 9 heteroatoms. The number of carbonyl (C=O) groups is 4. The fourth-order valence-corrected chi connectivity index (χ4v) is 3.47. The predicted molar refractivity (Wildman–Crippen MR) is 118 cm³/mol. The summed E-state index contributed by atoms with van der Waals surface area (Å²) in [6.07, 6.45) is -1.51. The van der Waals surface area contributed by atoms with E-state index in [1.54, 1.807) is 36.4 Å². The Morgan fingerprint density at radius 2 is 1.29 bits per heavy atom. The predicted octanol–water partition coefficient (Wildman–Crippen LogP) is 2.23. The fourth-order valence-electron chi connectivity index (χ4n) is 3.47. The summed E-state index contributed by atoms with van der Waals surface area (Å²) >= 11 is 0. The van der Waals surface area contributed by atoms with Gasteiger partial charge in [-0.3, -0.25) is 9.59 Å². The molecule has 9 nitrogen and oxygen atoms in total. The molecule has 0 bridgehead atoms. The van der Waals surface area contributed by atoms with E-state index in [2.05, 4.69) is 0 Å². The second-order valence-electron chi connectivity index (χ2n) is 7.61. The van der Waals surface area contributed by atoms with Crippen molar-refractivity contribution in [2.24, 2.45) is 0 Å². The Kier molecular flexibility index (Phi) is 7.80. The minimum Gasteiger partial charge on any atom is -0.459 e. The molecule has 1 aliphatic carbocycles. The van der Waals surface area contributed by atoms with Crippen LogP contribution in [0.15, 0.2) is 72.8 Å². The SMILES string of the molecule is CC(=O)OC1C=C[C@@H](OC(=O)c2ccccc2)[C@@](O)(COC(=O)c2ccccc2)C1OC(C)=O. The lowest BCUT2D eigenvalue weighted by molar-refractivity contribution is -0.211. The van der Waals surface area contributed by atoms with Gasteiger partial charge in [0.25, 0.3) is 0 Å². The van der Waals surface area contributed by atoms with E-state index in [0.29, 0.717) is 0 Å². The second kappa shape index (κ2) is 10.8. The van der Waals surface area contributed by atoms with E-state index >= 15 is 0 Å². The van der Waals surface area contributed by atoms with Crippen molar-refractivity contribution in [3.05, 3.63) is 83.9 Å². The Morgan fingerprint density at radius 3 is 1.82 bits per heavy atom. The van der Waals surface area contributed by atoms with Crippen LogP contribution in [0.2, 0.25) is 0 Å². The first kappa shape index (κ1) is 24.7. The highest BCUT2D eigenvalue weighted by Gasteiger charge is 2.55. The molecule has 0 aromatic heterocycles. The monoisotopic (exact) mass is 468 g/mol. The number of carbonyl (C=O) groups excluding carboxylic acids is 4. The van der Waals surface area contributed by atoms with Crippen molar-refractivity contribution in [1.82, 2.24) is 0 Å². The summed E-state index contributed by atoms with van der Waals surface area (Å²) < 4.78 is 21.3. The van der Waals surface area contributed by atoms with E-state index in [0.717, 1.165) is 13.8 Å². The van der Waals surface area contributed by atoms with Crippen LogP contribution in [0, 0.1) is 0 Å². The third kappa shape index (κ3) is 5.87. The highest BCUT2D eigenvalue weighted by molar-refractivity contribution is 5.90. The van der Waals surface area contributed by atoms with Gasteiger partial charge in [-0.05, 0) is 36.4 Å². The first-order valence-corrected chi connectivity index (χ1v) is 10.4. The molecule has 0 saturated heterocycles. The molecule has 2 aromatic rings. The molecule has 0 aliphatic heterocycles. The zero-order chi connectivity index (χ0) is 24.7. The third-order valence-electron chi connectivity index (χ3n) is 5.04. The van der Waals surface area contributed by atoms with Gasteiger partial charge in [-0.25, -0.2) is 9.59 Å². The molecule has 1 N–H and O–H groups in total. The fraction of sp³-hybridized carbons (Fsp3) is 0.280. The molecular weight excluding hydrogens is 444 g/mol. The molecule has 4 atom stereocenters. The molecule has 0 spiro atoms. The van der Waals surface area contributed by atoms with Crippen molar-refractivity contribution in [3.8, 4) is 0 Å². The summed E-state index contributed by atoms with van der Waals surface area (Å²) in [5.74, 6) is -3.02. The van der Waals surface area contributed by atoms with Crippen LogP contribution in [0.5, 0.6) is 0 Å². The largest absolute Gasteiger partial charge is 0.459 e. The summed E-state index contributed by atoms with van der Waals surface area (Å²) in [6, 6.07) is 16.1. The van der Waals surface area contributed by atoms with Crippen molar-refractivity contribution in [1.29, 1.82) is 0 Å². The molecule has 0 heterocycles. The Balaban J connectivity index is 1.93. The van der Waals surface area contributed by atoms with Gasteiger partial charge in [0.05, 0.1) is 11.1 Å². The summed E-state index contributed by atoms with van der Waals surface area (Å²) in [5, 5.41) is 11.6. The normalized spacial score (nSPS) is 23.4. The number of rotatable bonds is 7. The number of hydrogen-bond donors (Lipinski definition) is 1. The van der Waals surface area contributed by atoms with Crippen molar-refractivity contribution >= 4 is 23.9 Å². The Morgan fingerprint density at radius 1 is 0.765 bits per heavy atom. The summed E-state index contributed by atoms with van der Waals surface area (Å²) in [4.78, 5) is 48.6. The van der Waals surface area contributed by atoms with Gasteiger partial charge in [0.2, 0.25) is 0 Å². The maximum Gasteiger partial charge on any atom is 0.338 e.